The van der Waals surface area contributed by atoms with Crippen molar-refractivity contribution in [3.63, 3.8) is 0 Å². The molecule has 0 aliphatic carbocycles. The zero-order valence-electron chi connectivity index (χ0n) is 7.26. The average Bonchev–Trinajstić information content (AvgIpc) is 2.71. The van der Waals surface area contributed by atoms with Crippen LogP contribution in [0.2, 0.25) is 0 Å². The molecule has 6 heteroatoms. The monoisotopic (exact) mass is 212 g/mol. The first kappa shape index (κ1) is 8.71. The van der Waals surface area contributed by atoms with Gasteiger partial charge >= 0.3 is 0 Å². The van der Waals surface area contributed by atoms with Crippen molar-refractivity contribution in [3.05, 3.63) is 17.4 Å². The lowest BCUT2D eigenvalue weighted by Crippen LogP contribution is -1.92. The van der Waals surface area contributed by atoms with Crippen LogP contribution in [0.3, 0.4) is 0 Å². The van der Waals surface area contributed by atoms with E-state index in [0.29, 0.717) is 0 Å². The third kappa shape index (κ3) is 1.73. The molecule has 68 valence electrons. The van der Waals surface area contributed by atoms with Crippen LogP contribution in [0, 0.1) is 6.92 Å². The molecule has 0 N–H and O–H groups in total. The summed E-state index contributed by atoms with van der Waals surface area (Å²) < 4.78 is 2.95. The molecule has 2 aromatic rings. The van der Waals surface area contributed by atoms with Crippen LogP contribution in [0.4, 0.5) is 0 Å². The topological polar surface area (TPSA) is 43.6 Å². The summed E-state index contributed by atoms with van der Waals surface area (Å²) in [5.41, 5.74) is 0. The molecule has 0 bridgehead atoms. The lowest BCUT2D eigenvalue weighted by Gasteiger charge is -1.96. The first-order chi connectivity index (χ1) is 6.27. The summed E-state index contributed by atoms with van der Waals surface area (Å²) in [5, 5.41) is 10.8. The highest BCUT2D eigenvalue weighted by atomic mass is 32.2. The smallest absolute Gasteiger partial charge is 0.198 e. The van der Waals surface area contributed by atoms with Gasteiger partial charge < -0.3 is 4.57 Å². The Morgan fingerprint density at radius 1 is 1.46 bits per heavy atom. The molecule has 0 aliphatic heterocycles. The Bertz CT molecular complexity index is 393. The molecule has 13 heavy (non-hydrogen) atoms. The second kappa shape index (κ2) is 3.47. The molecular formula is C7H8N4S2. The van der Waals surface area contributed by atoms with Crippen LogP contribution in [-0.4, -0.2) is 19.7 Å². The summed E-state index contributed by atoms with van der Waals surface area (Å²) in [4.78, 5) is 4.16. The molecule has 0 aromatic carbocycles. The van der Waals surface area contributed by atoms with Gasteiger partial charge in [-0.25, -0.2) is 4.98 Å². The first-order valence-electron chi connectivity index (χ1n) is 3.70. The number of hydrogen-bond acceptors (Lipinski definition) is 5. The predicted molar refractivity (Wildman–Crippen MR) is 52.0 cm³/mol. The van der Waals surface area contributed by atoms with Gasteiger partial charge in [-0.15, -0.1) is 21.5 Å². The second-order valence-corrected chi connectivity index (χ2v) is 4.60. The molecule has 0 radical (unpaired) electrons. The number of thiazole rings is 1. The lowest BCUT2D eigenvalue weighted by atomic mass is 10.7. The molecular weight excluding hydrogens is 204 g/mol. The van der Waals surface area contributed by atoms with Crippen molar-refractivity contribution in [2.45, 2.75) is 16.4 Å². The highest BCUT2D eigenvalue weighted by Crippen LogP contribution is 2.27. The summed E-state index contributed by atoms with van der Waals surface area (Å²) >= 11 is 3.14. The van der Waals surface area contributed by atoms with Gasteiger partial charge in [-0.2, -0.15) is 0 Å². The third-order valence-electron chi connectivity index (χ3n) is 1.64. The Morgan fingerprint density at radius 3 is 2.85 bits per heavy atom. The van der Waals surface area contributed by atoms with E-state index in [4.69, 9.17) is 0 Å². The van der Waals surface area contributed by atoms with Gasteiger partial charge in [0.1, 0.15) is 5.82 Å². The number of aromatic nitrogens is 4. The zero-order chi connectivity index (χ0) is 9.26. The van der Waals surface area contributed by atoms with Gasteiger partial charge in [-0.05, 0) is 18.7 Å². The third-order valence-corrected chi connectivity index (χ3v) is 3.56. The van der Waals surface area contributed by atoms with E-state index in [2.05, 4.69) is 15.2 Å². The van der Waals surface area contributed by atoms with Crippen molar-refractivity contribution < 1.29 is 0 Å². The molecule has 0 saturated carbocycles. The van der Waals surface area contributed by atoms with E-state index in [1.165, 1.54) is 11.8 Å². The minimum Gasteiger partial charge on any atom is -0.309 e. The van der Waals surface area contributed by atoms with Crippen molar-refractivity contribution in [2.24, 2.45) is 7.05 Å². The SMILES string of the molecule is Cc1nnc(Sc2nccs2)n1C. The highest BCUT2D eigenvalue weighted by Gasteiger charge is 2.07. The highest BCUT2D eigenvalue weighted by molar-refractivity contribution is 8.00. The van der Waals surface area contributed by atoms with E-state index in [9.17, 15) is 0 Å². The Hall–Kier alpha value is -0.880. The maximum Gasteiger partial charge on any atom is 0.198 e. The van der Waals surface area contributed by atoms with Crippen molar-refractivity contribution in [2.75, 3.05) is 0 Å². The fraction of sp³-hybridized carbons (Fsp3) is 0.286. The summed E-state index contributed by atoms with van der Waals surface area (Å²) in [6.07, 6.45) is 1.79. The van der Waals surface area contributed by atoms with Gasteiger partial charge in [0.05, 0.1) is 0 Å². The molecule has 0 atom stereocenters. The number of rotatable bonds is 2. The number of aryl methyl sites for hydroxylation is 1. The predicted octanol–water partition coefficient (Wildman–Crippen LogP) is 1.73. The van der Waals surface area contributed by atoms with Gasteiger partial charge in [-0.3, -0.25) is 0 Å². The van der Waals surface area contributed by atoms with Crippen molar-refractivity contribution in [1.82, 2.24) is 19.7 Å². The van der Waals surface area contributed by atoms with Crippen LogP contribution in [0.5, 0.6) is 0 Å². The maximum atomic E-state index is 4.16. The molecule has 2 heterocycles. The molecule has 2 rings (SSSR count). The normalized spacial score (nSPS) is 10.6. The molecule has 0 unspecified atom stereocenters. The van der Waals surface area contributed by atoms with E-state index in [-0.39, 0.29) is 0 Å². The first-order valence-corrected chi connectivity index (χ1v) is 5.40. The van der Waals surface area contributed by atoms with Crippen LogP contribution >= 0.6 is 23.1 Å². The summed E-state index contributed by atoms with van der Waals surface area (Å²) in [7, 11) is 1.95. The number of nitrogens with zero attached hydrogens (tertiary/aromatic N) is 4. The van der Waals surface area contributed by atoms with Crippen LogP contribution in [0.1, 0.15) is 5.82 Å². The van der Waals surface area contributed by atoms with Gasteiger partial charge in [0.2, 0.25) is 0 Å². The van der Waals surface area contributed by atoms with Crippen molar-refractivity contribution in [1.29, 1.82) is 0 Å². The Labute approximate surface area is 84.0 Å². The van der Waals surface area contributed by atoms with Gasteiger partial charge in [0, 0.05) is 18.6 Å². The fourth-order valence-corrected chi connectivity index (χ4v) is 2.38. The van der Waals surface area contributed by atoms with Gasteiger partial charge in [-0.1, -0.05) is 0 Å². The Balaban J connectivity index is 2.24. The van der Waals surface area contributed by atoms with Gasteiger partial charge in [0.15, 0.2) is 9.50 Å². The van der Waals surface area contributed by atoms with Crippen LogP contribution in [0.25, 0.3) is 0 Å². The van der Waals surface area contributed by atoms with Crippen molar-refractivity contribution in [3.8, 4) is 0 Å². The average molecular weight is 212 g/mol. The molecule has 4 nitrogen and oxygen atoms in total. The summed E-state index contributed by atoms with van der Waals surface area (Å²) in [5.74, 6) is 0.916. The van der Waals surface area contributed by atoms with E-state index >= 15 is 0 Å². The molecule has 0 spiro atoms. The van der Waals surface area contributed by atoms with Crippen LogP contribution in [-0.2, 0) is 7.05 Å². The van der Waals surface area contributed by atoms with Crippen LogP contribution in [0.15, 0.2) is 21.1 Å². The lowest BCUT2D eigenvalue weighted by molar-refractivity contribution is 0.765. The van der Waals surface area contributed by atoms with Gasteiger partial charge in [0.25, 0.3) is 0 Å². The summed E-state index contributed by atoms with van der Waals surface area (Å²) in [6, 6.07) is 0. The standard InChI is InChI=1S/C7H8N4S2/c1-5-9-10-6(11(5)2)13-7-8-3-4-12-7/h3-4H,1-2H3. The quantitative estimate of drug-likeness (QED) is 0.760. The van der Waals surface area contributed by atoms with Crippen molar-refractivity contribution >= 4 is 23.1 Å². The van der Waals surface area contributed by atoms with E-state index in [1.807, 2.05) is 23.9 Å². The van der Waals surface area contributed by atoms with E-state index < -0.39 is 0 Å². The van der Waals surface area contributed by atoms with E-state index in [0.717, 1.165) is 15.3 Å². The Morgan fingerprint density at radius 2 is 2.31 bits per heavy atom. The summed E-state index contributed by atoms with van der Waals surface area (Å²) in [6.45, 7) is 1.93. The molecule has 0 aliphatic rings. The maximum absolute atomic E-state index is 4.16. The Kier molecular flexibility index (Phi) is 2.32. The molecule has 2 aromatic heterocycles. The minimum absolute atomic E-state index is 0.882. The second-order valence-electron chi connectivity index (χ2n) is 2.49. The molecule has 0 saturated heterocycles. The zero-order valence-corrected chi connectivity index (χ0v) is 8.89. The van der Waals surface area contributed by atoms with E-state index in [1.54, 1.807) is 17.5 Å². The minimum atomic E-state index is 0.882. The largest absolute Gasteiger partial charge is 0.309 e. The molecule has 0 fully saturated rings. The van der Waals surface area contributed by atoms with Crippen LogP contribution < -0.4 is 0 Å². The fourth-order valence-electron chi connectivity index (χ4n) is 0.815. The molecule has 0 amide bonds. The number of hydrogen-bond donors (Lipinski definition) is 0.